The van der Waals surface area contributed by atoms with Gasteiger partial charge in [-0.15, -0.1) is 0 Å². The van der Waals surface area contributed by atoms with E-state index in [-0.39, 0.29) is 5.54 Å². The minimum atomic E-state index is -0.153. The second-order valence-electron chi connectivity index (χ2n) is 4.33. The number of hydrogen-bond acceptors (Lipinski definition) is 2. The molecule has 0 aromatic rings. The molecule has 2 nitrogen and oxygen atoms in total. The van der Waals surface area contributed by atoms with Gasteiger partial charge in [0.2, 0.25) is 0 Å². The molecule has 1 aliphatic carbocycles. The minimum absolute atomic E-state index is 0.153. The molecule has 2 N–H and O–H groups in total. The van der Waals surface area contributed by atoms with Crippen molar-refractivity contribution in [2.24, 2.45) is 5.73 Å². The van der Waals surface area contributed by atoms with Crippen molar-refractivity contribution in [2.45, 2.75) is 44.1 Å². The summed E-state index contributed by atoms with van der Waals surface area (Å²) in [5.74, 6) is 0. The zero-order valence-corrected chi connectivity index (χ0v) is 10.5. The highest BCUT2D eigenvalue weighted by Gasteiger charge is 2.26. The molecule has 0 amide bonds. The molecule has 15 heavy (non-hydrogen) atoms. The molecular formula is C11H19Cl2NO. The summed E-state index contributed by atoms with van der Waals surface area (Å²) in [6, 6.07) is 0. The Kier molecular flexibility index (Phi) is 5.98. The van der Waals surface area contributed by atoms with Crippen LogP contribution in [0.5, 0.6) is 0 Å². The maximum absolute atomic E-state index is 6.27. The van der Waals surface area contributed by atoms with Crippen LogP contribution >= 0.6 is 23.2 Å². The van der Waals surface area contributed by atoms with Gasteiger partial charge in [0, 0.05) is 11.1 Å². The van der Waals surface area contributed by atoms with Crippen LogP contribution in [0.4, 0.5) is 0 Å². The first-order valence-electron chi connectivity index (χ1n) is 5.48. The lowest BCUT2D eigenvalue weighted by molar-refractivity contribution is 0.0959. The Labute approximate surface area is 102 Å². The van der Waals surface area contributed by atoms with Crippen molar-refractivity contribution in [3.8, 4) is 0 Å². The number of hydrogen-bond donors (Lipinski definition) is 1. The Bertz CT molecular complexity index is 211. The minimum Gasteiger partial charge on any atom is -0.374 e. The van der Waals surface area contributed by atoms with Gasteiger partial charge in [-0.3, -0.25) is 0 Å². The van der Waals surface area contributed by atoms with Gasteiger partial charge < -0.3 is 10.5 Å². The van der Waals surface area contributed by atoms with Crippen molar-refractivity contribution in [3.63, 3.8) is 0 Å². The molecule has 0 unspecified atom stereocenters. The van der Waals surface area contributed by atoms with E-state index in [0.717, 1.165) is 12.8 Å². The Morgan fingerprint density at radius 3 is 2.40 bits per heavy atom. The molecule has 0 spiro atoms. The molecule has 1 fully saturated rings. The summed E-state index contributed by atoms with van der Waals surface area (Å²) in [5.41, 5.74) is 7.44. The van der Waals surface area contributed by atoms with E-state index in [1.165, 1.54) is 31.2 Å². The highest BCUT2D eigenvalue weighted by molar-refractivity contribution is 6.36. The van der Waals surface area contributed by atoms with Crippen LogP contribution in [0.25, 0.3) is 0 Å². The quantitative estimate of drug-likeness (QED) is 0.778. The molecule has 0 saturated heterocycles. The lowest BCUT2D eigenvalue weighted by Gasteiger charge is -2.27. The molecule has 0 aromatic heterocycles. The number of rotatable bonds is 4. The maximum Gasteiger partial charge on any atom is 0.0832 e. The van der Waals surface area contributed by atoms with Gasteiger partial charge in [-0.05, 0) is 12.8 Å². The second kappa shape index (κ2) is 6.74. The molecule has 0 aromatic carbocycles. The van der Waals surface area contributed by atoms with Crippen LogP contribution in [-0.2, 0) is 4.74 Å². The fraction of sp³-hybridized carbons (Fsp3) is 0.818. The van der Waals surface area contributed by atoms with Gasteiger partial charge in [-0.2, -0.15) is 0 Å². The van der Waals surface area contributed by atoms with E-state index >= 15 is 0 Å². The molecule has 4 heteroatoms. The Hall–Kier alpha value is 0.240. The summed E-state index contributed by atoms with van der Waals surface area (Å²) in [6.07, 6.45) is 7.10. The first-order valence-corrected chi connectivity index (χ1v) is 6.29. The van der Waals surface area contributed by atoms with Crippen molar-refractivity contribution >= 4 is 23.2 Å². The van der Waals surface area contributed by atoms with Crippen LogP contribution < -0.4 is 5.73 Å². The van der Waals surface area contributed by atoms with E-state index in [2.05, 4.69) is 0 Å². The highest BCUT2D eigenvalue weighted by Crippen LogP contribution is 2.25. The standard InChI is InChI=1S/C11H19Cl2NO/c12-7-10(13)8-15-9-11(14)5-3-1-2-4-6-11/h7H,1-6,8-9,14H2. The molecule has 1 aliphatic rings. The fourth-order valence-electron chi connectivity index (χ4n) is 1.96. The summed E-state index contributed by atoms with van der Waals surface area (Å²) in [4.78, 5) is 0. The average Bonchev–Trinajstić information content (AvgIpc) is 2.43. The molecule has 0 atom stereocenters. The van der Waals surface area contributed by atoms with Gasteiger partial charge in [0.05, 0.1) is 18.2 Å². The van der Waals surface area contributed by atoms with Gasteiger partial charge in [0.15, 0.2) is 0 Å². The van der Waals surface area contributed by atoms with Crippen molar-refractivity contribution in [1.29, 1.82) is 0 Å². The SMILES string of the molecule is NC1(COCC(Cl)=CCl)CCCCCC1. The van der Waals surface area contributed by atoms with Gasteiger partial charge in [-0.1, -0.05) is 48.9 Å². The molecule has 1 rings (SSSR count). The average molecular weight is 252 g/mol. The molecule has 1 saturated carbocycles. The van der Waals surface area contributed by atoms with Crippen molar-refractivity contribution < 1.29 is 4.74 Å². The Balaban J connectivity index is 2.28. The largest absolute Gasteiger partial charge is 0.374 e. The lowest BCUT2D eigenvalue weighted by Crippen LogP contribution is -2.44. The van der Waals surface area contributed by atoms with E-state index in [0.29, 0.717) is 18.2 Å². The molecule has 0 radical (unpaired) electrons. The third kappa shape index (κ3) is 5.21. The summed E-state index contributed by atoms with van der Waals surface area (Å²) in [5, 5.41) is 0.522. The smallest absolute Gasteiger partial charge is 0.0832 e. The normalized spacial score (nSPS) is 22.5. The van der Waals surface area contributed by atoms with Gasteiger partial charge in [0.1, 0.15) is 0 Å². The summed E-state index contributed by atoms with van der Waals surface area (Å²) < 4.78 is 5.47. The van der Waals surface area contributed by atoms with Crippen molar-refractivity contribution in [3.05, 3.63) is 10.6 Å². The third-order valence-electron chi connectivity index (χ3n) is 2.85. The highest BCUT2D eigenvalue weighted by atomic mass is 35.5. The van der Waals surface area contributed by atoms with Gasteiger partial charge in [0.25, 0.3) is 0 Å². The van der Waals surface area contributed by atoms with Gasteiger partial charge in [-0.25, -0.2) is 0 Å². The van der Waals surface area contributed by atoms with E-state index < -0.39 is 0 Å². The van der Waals surface area contributed by atoms with E-state index in [1.54, 1.807) is 0 Å². The van der Waals surface area contributed by atoms with E-state index in [1.807, 2.05) is 0 Å². The maximum atomic E-state index is 6.27. The van der Waals surface area contributed by atoms with Crippen LogP contribution in [0.2, 0.25) is 0 Å². The molecule has 0 aliphatic heterocycles. The van der Waals surface area contributed by atoms with Crippen LogP contribution in [0, 0.1) is 0 Å². The topological polar surface area (TPSA) is 35.2 Å². The Morgan fingerprint density at radius 2 is 1.87 bits per heavy atom. The van der Waals surface area contributed by atoms with E-state index in [9.17, 15) is 0 Å². The molecular weight excluding hydrogens is 233 g/mol. The zero-order valence-electron chi connectivity index (χ0n) is 8.98. The summed E-state index contributed by atoms with van der Waals surface area (Å²) in [6.45, 7) is 0.942. The van der Waals surface area contributed by atoms with Gasteiger partial charge >= 0.3 is 0 Å². The number of ether oxygens (including phenoxy) is 1. The lowest BCUT2D eigenvalue weighted by atomic mass is 9.93. The van der Waals surface area contributed by atoms with Crippen LogP contribution in [-0.4, -0.2) is 18.8 Å². The van der Waals surface area contributed by atoms with Crippen LogP contribution in [0.3, 0.4) is 0 Å². The van der Waals surface area contributed by atoms with E-state index in [4.69, 9.17) is 33.7 Å². The fourth-order valence-corrected chi connectivity index (χ4v) is 2.10. The summed E-state index contributed by atoms with van der Waals surface area (Å²) >= 11 is 11.2. The number of nitrogens with two attached hydrogens (primary N) is 1. The number of halogens is 2. The predicted molar refractivity (Wildman–Crippen MR) is 65.2 cm³/mol. The zero-order chi connectivity index (χ0) is 11.1. The predicted octanol–water partition coefficient (Wildman–Crippen LogP) is 3.37. The van der Waals surface area contributed by atoms with Crippen LogP contribution in [0.1, 0.15) is 38.5 Å². The molecule has 0 bridgehead atoms. The second-order valence-corrected chi connectivity index (χ2v) is 5.03. The Morgan fingerprint density at radius 1 is 1.27 bits per heavy atom. The van der Waals surface area contributed by atoms with Crippen LogP contribution in [0.15, 0.2) is 10.6 Å². The monoisotopic (exact) mass is 251 g/mol. The molecule has 0 heterocycles. The van der Waals surface area contributed by atoms with Crippen molar-refractivity contribution in [2.75, 3.05) is 13.2 Å². The summed E-state index contributed by atoms with van der Waals surface area (Å²) in [7, 11) is 0. The third-order valence-corrected chi connectivity index (χ3v) is 3.44. The first kappa shape index (κ1) is 13.3. The molecule has 88 valence electrons. The van der Waals surface area contributed by atoms with Crippen molar-refractivity contribution in [1.82, 2.24) is 0 Å². The first-order chi connectivity index (χ1) is 7.16.